The molecule has 2 N–H and O–H groups in total. The van der Waals surface area contributed by atoms with Crippen LogP contribution in [0.1, 0.15) is 25.0 Å². The molecule has 0 saturated carbocycles. The number of amides is 2. The van der Waals surface area contributed by atoms with Crippen LogP contribution >= 0.6 is 23.5 Å². The first kappa shape index (κ1) is 36.4. The Hall–Kier alpha value is -5.93. The molecule has 0 aliphatic rings. The Labute approximate surface area is 318 Å². The lowest BCUT2D eigenvalue weighted by Crippen LogP contribution is -2.39. The first-order valence-corrected chi connectivity index (χ1v) is 18.8. The van der Waals surface area contributed by atoms with E-state index in [2.05, 4.69) is 31.0 Å². The minimum absolute atomic E-state index is 0.0111. The Bertz CT molecular complexity index is 2330. The number of benzene rings is 3. The van der Waals surface area contributed by atoms with Gasteiger partial charge in [0.15, 0.2) is 27.7 Å². The summed E-state index contributed by atoms with van der Waals surface area (Å²) >= 11 is 2.43. The molecule has 0 aliphatic carbocycles. The van der Waals surface area contributed by atoms with E-state index in [9.17, 15) is 9.59 Å². The van der Waals surface area contributed by atoms with Crippen molar-refractivity contribution in [2.75, 3.05) is 16.4 Å². The van der Waals surface area contributed by atoms with Crippen LogP contribution in [0.5, 0.6) is 0 Å². The molecule has 0 radical (unpaired) electrons. The van der Waals surface area contributed by atoms with Crippen molar-refractivity contribution in [2.24, 2.45) is 0 Å². The maximum Gasteiger partial charge on any atom is 0.241 e. The summed E-state index contributed by atoms with van der Waals surface area (Å²) in [5.74, 6) is 1.08. The van der Waals surface area contributed by atoms with Crippen LogP contribution in [0.3, 0.4) is 0 Å². The van der Waals surface area contributed by atoms with E-state index < -0.39 is 10.6 Å². The molecular weight excluding hydrogens is 728 g/mol. The summed E-state index contributed by atoms with van der Waals surface area (Å²) in [6, 6.07) is 30.2. The van der Waals surface area contributed by atoms with E-state index in [4.69, 9.17) is 8.83 Å². The molecule has 12 nitrogen and oxygen atoms in total. The van der Waals surface area contributed by atoms with Gasteiger partial charge in [0, 0.05) is 17.9 Å². The van der Waals surface area contributed by atoms with Gasteiger partial charge in [-0.2, -0.15) is 0 Å². The van der Waals surface area contributed by atoms with Gasteiger partial charge in [0.1, 0.15) is 10.6 Å². The van der Waals surface area contributed by atoms with Crippen molar-refractivity contribution in [2.45, 2.75) is 48.4 Å². The monoisotopic (exact) mass is 762 g/mol. The number of rotatable bonds is 15. The zero-order valence-electron chi connectivity index (χ0n) is 29.3. The molecule has 0 aliphatic heterocycles. The highest BCUT2D eigenvalue weighted by molar-refractivity contribution is 8.01. The molecule has 4 aromatic heterocycles. The second-order valence-electron chi connectivity index (χ2n) is 12.4. The number of carbonyl (C=O) groups excluding carboxylic acids is 2. The molecule has 4 heterocycles. The first-order valence-electron chi connectivity index (χ1n) is 17.0. The third kappa shape index (κ3) is 8.32. The summed E-state index contributed by atoms with van der Waals surface area (Å²) in [5, 5.41) is 24.4. The smallest absolute Gasteiger partial charge is 0.241 e. The summed E-state index contributed by atoms with van der Waals surface area (Å²) in [6.07, 6.45) is 3.11. The number of anilines is 2. The second kappa shape index (κ2) is 16.4. The summed E-state index contributed by atoms with van der Waals surface area (Å²) < 4.78 is 29.5. The third-order valence-electron chi connectivity index (χ3n) is 8.43. The van der Waals surface area contributed by atoms with Crippen LogP contribution in [0, 0.1) is 5.82 Å². The normalized spacial score (nSPS) is 12.4. The molecular formula is C39H35FN8O4S2. The van der Waals surface area contributed by atoms with Gasteiger partial charge in [-0.05, 0) is 86.0 Å². The molecule has 3 aromatic carbocycles. The lowest BCUT2D eigenvalue weighted by Gasteiger charge is -2.28. The van der Waals surface area contributed by atoms with Crippen molar-refractivity contribution in [1.82, 2.24) is 29.5 Å². The van der Waals surface area contributed by atoms with Gasteiger partial charge in [-0.1, -0.05) is 72.1 Å². The van der Waals surface area contributed by atoms with Crippen molar-refractivity contribution in [3.63, 3.8) is 0 Å². The number of aromatic nitrogens is 6. The van der Waals surface area contributed by atoms with Crippen molar-refractivity contribution in [1.29, 1.82) is 0 Å². The zero-order chi connectivity index (χ0) is 37.5. The maximum atomic E-state index is 15.8. The Morgan fingerprint density at radius 1 is 0.759 bits per heavy atom. The predicted octanol–water partition coefficient (Wildman–Crippen LogP) is 8.06. The molecule has 7 aromatic rings. The van der Waals surface area contributed by atoms with Crippen molar-refractivity contribution < 1.29 is 22.8 Å². The number of hydrogen-bond donors (Lipinski definition) is 2. The molecule has 0 saturated heterocycles. The Kier molecular flexibility index (Phi) is 11.1. The van der Waals surface area contributed by atoms with Crippen LogP contribution in [0.4, 0.5) is 15.8 Å². The topological polar surface area (TPSA) is 146 Å². The van der Waals surface area contributed by atoms with Crippen molar-refractivity contribution >= 4 is 46.7 Å². The van der Waals surface area contributed by atoms with Gasteiger partial charge in [-0.25, -0.2) is 4.39 Å². The van der Waals surface area contributed by atoms with Gasteiger partial charge >= 0.3 is 0 Å². The van der Waals surface area contributed by atoms with Gasteiger partial charge in [0.2, 0.25) is 17.6 Å². The largest absolute Gasteiger partial charge is 0.461 e. The van der Waals surface area contributed by atoms with Gasteiger partial charge in [0.05, 0.1) is 24.8 Å². The minimum atomic E-state index is -1.25. The molecule has 0 bridgehead atoms. The fourth-order valence-electron chi connectivity index (χ4n) is 5.77. The van der Waals surface area contributed by atoms with Crippen LogP contribution in [0.2, 0.25) is 0 Å². The number of para-hydroxylation sites is 2. The highest BCUT2D eigenvalue weighted by atomic mass is 32.2. The first-order chi connectivity index (χ1) is 26.3. The molecule has 2 amide bonds. The number of thioether (sulfide) groups is 2. The predicted molar refractivity (Wildman–Crippen MR) is 205 cm³/mol. The van der Waals surface area contributed by atoms with Gasteiger partial charge in [-0.15, -0.1) is 20.4 Å². The van der Waals surface area contributed by atoms with Gasteiger partial charge in [-0.3, -0.25) is 18.7 Å². The van der Waals surface area contributed by atoms with E-state index in [-0.39, 0.29) is 30.5 Å². The van der Waals surface area contributed by atoms with E-state index in [1.54, 1.807) is 68.0 Å². The van der Waals surface area contributed by atoms with Crippen LogP contribution < -0.4 is 10.6 Å². The standard InChI is InChI=1S/C39H35FN8O4S2/c1-3-47-34(31-16-10-20-51-31)43-46-38(47)54-39(2,36(50)42-29-14-8-5-9-15-29)23-27-22-26(18-19-30(27)40)24-48-35(32-17-11-21-52-32)44-45-37(48)53-25-33(49)41-28-12-6-4-7-13-28/h4-22H,3,23-25H2,1-2H3,(H,41,49)(H,42,50). The average molecular weight is 763 g/mol. The van der Waals surface area contributed by atoms with E-state index >= 15 is 4.39 Å². The number of nitrogens with zero attached hydrogens (tertiary/aromatic N) is 6. The van der Waals surface area contributed by atoms with Crippen molar-refractivity contribution in [3.8, 4) is 23.2 Å². The summed E-state index contributed by atoms with van der Waals surface area (Å²) in [4.78, 5) is 27.0. The van der Waals surface area contributed by atoms with Gasteiger partial charge < -0.3 is 19.5 Å². The van der Waals surface area contributed by atoms with E-state index in [1.807, 2.05) is 64.6 Å². The molecule has 0 spiro atoms. The lowest BCUT2D eigenvalue weighted by molar-refractivity contribution is -0.118. The molecule has 274 valence electrons. The highest BCUT2D eigenvalue weighted by Crippen LogP contribution is 2.38. The van der Waals surface area contributed by atoms with Crippen LogP contribution in [0.25, 0.3) is 23.2 Å². The molecule has 15 heteroatoms. The molecule has 7 rings (SSSR count). The minimum Gasteiger partial charge on any atom is -0.461 e. The molecule has 54 heavy (non-hydrogen) atoms. The second-order valence-corrected chi connectivity index (χ2v) is 14.8. The fraction of sp³-hybridized carbons (Fsp3) is 0.179. The SMILES string of the molecule is CCn1c(SC(C)(Cc2cc(Cn3c(SCC(=O)Nc4ccccc4)nnc3-c3ccco3)ccc2F)C(=O)Nc2ccccc2)nnc1-c1ccco1. The summed E-state index contributed by atoms with van der Waals surface area (Å²) in [7, 11) is 0. The average Bonchev–Trinajstić information content (AvgIpc) is 4.01. The van der Waals surface area contributed by atoms with Crippen LogP contribution in [-0.2, 0) is 29.1 Å². The van der Waals surface area contributed by atoms with Crippen LogP contribution in [0.15, 0.2) is 135 Å². The van der Waals surface area contributed by atoms with Gasteiger partial charge in [0.25, 0.3) is 0 Å². The number of nitrogens with one attached hydrogen (secondary N) is 2. The Morgan fingerprint density at radius 3 is 1.98 bits per heavy atom. The third-order valence-corrected chi connectivity index (χ3v) is 10.7. The summed E-state index contributed by atoms with van der Waals surface area (Å²) in [6.45, 7) is 4.47. The highest BCUT2D eigenvalue weighted by Gasteiger charge is 2.38. The van der Waals surface area contributed by atoms with E-state index in [0.29, 0.717) is 57.0 Å². The Morgan fingerprint density at radius 2 is 1.37 bits per heavy atom. The number of hydrogen-bond acceptors (Lipinski definition) is 10. The zero-order valence-corrected chi connectivity index (χ0v) is 30.9. The number of furan rings is 2. The summed E-state index contributed by atoms with van der Waals surface area (Å²) in [5.41, 5.74) is 2.35. The van der Waals surface area contributed by atoms with E-state index in [0.717, 1.165) is 5.56 Å². The van der Waals surface area contributed by atoms with E-state index in [1.165, 1.54) is 29.6 Å². The number of halogens is 1. The molecule has 0 fully saturated rings. The maximum absolute atomic E-state index is 15.8. The van der Waals surface area contributed by atoms with Crippen LogP contribution in [-0.4, -0.2) is 51.8 Å². The molecule has 1 atom stereocenters. The molecule has 1 unspecified atom stereocenters. The van der Waals surface area contributed by atoms with Crippen molar-refractivity contribution in [3.05, 3.63) is 133 Å². The Balaban J connectivity index is 1.18. The number of carbonyl (C=O) groups is 2. The lowest BCUT2D eigenvalue weighted by atomic mass is 9.97. The quantitative estimate of drug-likeness (QED) is 0.0984. The fourth-order valence-corrected chi connectivity index (χ4v) is 7.69.